The maximum atomic E-state index is 14.6. The summed E-state index contributed by atoms with van der Waals surface area (Å²) < 4.78 is 20.6. The van der Waals surface area contributed by atoms with Gasteiger partial charge in [-0.25, -0.2) is 9.37 Å². The topological polar surface area (TPSA) is 91.8 Å². The quantitative estimate of drug-likeness (QED) is 0.287. The molecule has 2 N–H and O–H groups in total. The lowest BCUT2D eigenvalue weighted by Crippen LogP contribution is -2.25. The van der Waals surface area contributed by atoms with Crippen LogP contribution < -0.4 is 15.4 Å². The molecule has 0 saturated heterocycles. The zero-order valence-corrected chi connectivity index (χ0v) is 22.2. The summed E-state index contributed by atoms with van der Waals surface area (Å²) in [6.45, 7) is 2.50. The van der Waals surface area contributed by atoms with E-state index in [-0.39, 0.29) is 11.9 Å². The van der Waals surface area contributed by atoms with Crippen molar-refractivity contribution < 1.29 is 9.13 Å². The first-order valence-corrected chi connectivity index (χ1v) is 13.3. The standard InChI is InChI=1S/C33H25FN6O/c1-20-24(22-16-23(18-35-17-22)41-19-21-8-3-2-4-9-21)14-15-29-31(36-20)32(40-39-29)33-37-28-13-7-11-26(30(28)38-33)25-10-5-6-12-27(25)34/h2-18,20,39H,19H2,1H3,(H,37,38)/t20-/m0/s1. The Bertz CT molecular complexity index is 2040. The molecular formula is C33H25FN6O. The minimum atomic E-state index is -0.292. The highest BCUT2D eigenvalue weighted by atomic mass is 19.1. The fourth-order valence-electron chi connectivity index (χ4n) is 5.11. The Balaban J connectivity index is 1.22. The van der Waals surface area contributed by atoms with E-state index in [0.29, 0.717) is 45.9 Å². The van der Waals surface area contributed by atoms with Gasteiger partial charge in [0, 0.05) is 22.9 Å². The third kappa shape index (κ3) is 4.69. The molecule has 0 bridgehead atoms. The molecule has 0 fully saturated rings. The molecule has 1 atom stereocenters. The van der Waals surface area contributed by atoms with Crippen molar-refractivity contribution in [1.82, 2.24) is 25.1 Å². The van der Waals surface area contributed by atoms with Crippen molar-refractivity contribution in [2.24, 2.45) is 4.99 Å². The van der Waals surface area contributed by atoms with E-state index >= 15 is 0 Å². The van der Waals surface area contributed by atoms with Crippen LogP contribution in [0.2, 0.25) is 0 Å². The monoisotopic (exact) mass is 540 g/mol. The van der Waals surface area contributed by atoms with E-state index < -0.39 is 0 Å². The highest BCUT2D eigenvalue weighted by molar-refractivity contribution is 5.93. The number of imidazole rings is 1. The summed E-state index contributed by atoms with van der Waals surface area (Å²) >= 11 is 0. The Hall–Kier alpha value is -5.37. The molecule has 8 heteroatoms. The molecule has 1 aliphatic rings. The number of allylic oxidation sites excluding steroid dienone is 1. The van der Waals surface area contributed by atoms with Gasteiger partial charge in [0.15, 0.2) is 11.5 Å². The van der Waals surface area contributed by atoms with E-state index in [9.17, 15) is 4.39 Å². The molecule has 0 amide bonds. The van der Waals surface area contributed by atoms with E-state index in [1.807, 2.05) is 85.9 Å². The van der Waals surface area contributed by atoms with E-state index in [2.05, 4.69) is 20.2 Å². The highest BCUT2D eigenvalue weighted by Gasteiger charge is 2.19. The highest BCUT2D eigenvalue weighted by Crippen LogP contribution is 2.30. The number of hydrogen-bond donors (Lipinski definition) is 2. The Morgan fingerprint density at radius 1 is 0.902 bits per heavy atom. The summed E-state index contributed by atoms with van der Waals surface area (Å²) in [4.78, 5) is 17.7. The van der Waals surface area contributed by atoms with Gasteiger partial charge >= 0.3 is 0 Å². The van der Waals surface area contributed by atoms with Crippen molar-refractivity contribution in [3.63, 3.8) is 0 Å². The number of benzene rings is 3. The molecular weight excluding hydrogens is 515 g/mol. The molecule has 3 aromatic heterocycles. The summed E-state index contributed by atoms with van der Waals surface area (Å²) in [6, 6.07) is 24.2. The van der Waals surface area contributed by atoms with Crippen molar-refractivity contribution in [3.05, 3.63) is 125 Å². The molecule has 0 aliphatic carbocycles. The van der Waals surface area contributed by atoms with Crippen LogP contribution in [0.3, 0.4) is 0 Å². The van der Waals surface area contributed by atoms with Crippen LogP contribution in [-0.4, -0.2) is 31.2 Å². The van der Waals surface area contributed by atoms with Crippen molar-refractivity contribution in [2.45, 2.75) is 19.6 Å². The number of rotatable bonds is 6. The average molecular weight is 541 g/mol. The smallest absolute Gasteiger partial charge is 0.161 e. The molecule has 1 aliphatic heterocycles. The van der Waals surface area contributed by atoms with Gasteiger partial charge in [0.05, 0.1) is 28.6 Å². The molecule has 3 aromatic carbocycles. The van der Waals surface area contributed by atoms with Gasteiger partial charge in [0.25, 0.3) is 0 Å². The van der Waals surface area contributed by atoms with Crippen LogP contribution >= 0.6 is 0 Å². The van der Waals surface area contributed by atoms with E-state index in [4.69, 9.17) is 14.7 Å². The lowest BCUT2D eigenvalue weighted by Gasteiger charge is -2.13. The van der Waals surface area contributed by atoms with Crippen LogP contribution in [0.5, 0.6) is 5.75 Å². The van der Waals surface area contributed by atoms with Crippen LogP contribution in [0.1, 0.15) is 18.1 Å². The van der Waals surface area contributed by atoms with Gasteiger partial charge in [-0.2, -0.15) is 5.10 Å². The Morgan fingerprint density at radius 2 is 1.73 bits per heavy atom. The Morgan fingerprint density at radius 3 is 2.61 bits per heavy atom. The molecule has 4 heterocycles. The average Bonchev–Trinajstić information content (AvgIpc) is 3.57. The second-order valence-electron chi connectivity index (χ2n) is 9.88. The van der Waals surface area contributed by atoms with Gasteiger partial charge in [0.2, 0.25) is 0 Å². The van der Waals surface area contributed by atoms with Gasteiger partial charge < -0.3 is 9.72 Å². The lowest BCUT2D eigenvalue weighted by molar-refractivity contribution is 0.305. The fourth-order valence-corrected chi connectivity index (χ4v) is 5.11. The van der Waals surface area contributed by atoms with Gasteiger partial charge in [0.1, 0.15) is 23.5 Å². The second-order valence-corrected chi connectivity index (χ2v) is 9.88. The number of ether oxygens (including phenoxy) is 1. The Labute approximate surface area is 234 Å². The van der Waals surface area contributed by atoms with Crippen LogP contribution in [0.4, 0.5) is 4.39 Å². The molecule has 6 aromatic rings. The van der Waals surface area contributed by atoms with Gasteiger partial charge in [-0.15, -0.1) is 0 Å². The van der Waals surface area contributed by atoms with Crippen LogP contribution in [-0.2, 0) is 6.61 Å². The third-order valence-corrected chi connectivity index (χ3v) is 7.17. The van der Waals surface area contributed by atoms with Crippen LogP contribution in [0, 0.1) is 5.82 Å². The summed E-state index contributed by atoms with van der Waals surface area (Å²) in [6.07, 6.45) is 7.55. The number of H-pyrrole nitrogens is 2. The van der Waals surface area contributed by atoms with Gasteiger partial charge in [-0.1, -0.05) is 66.7 Å². The summed E-state index contributed by atoms with van der Waals surface area (Å²) in [7, 11) is 0. The van der Waals surface area contributed by atoms with Crippen molar-refractivity contribution in [3.8, 4) is 28.4 Å². The first-order valence-electron chi connectivity index (χ1n) is 13.3. The van der Waals surface area contributed by atoms with E-state index in [0.717, 1.165) is 27.6 Å². The molecule has 41 heavy (non-hydrogen) atoms. The predicted molar refractivity (Wildman–Crippen MR) is 157 cm³/mol. The maximum Gasteiger partial charge on any atom is 0.161 e. The number of aromatic nitrogens is 5. The van der Waals surface area contributed by atoms with E-state index in [1.165, 1.54) is 6.07 Å². The zero-order chi connectivity index (χ0) is 27.8. The number of para-hydroxylation sites is 1. The SMILES string of the molecule is C[C@@H]1N=c2c(-c3nc4c(-c5ccccc5F)cccc4[nH]3)n[nH]c2=CC=C1c1cncc(OCc2ccccc2)c1. The van der Waals surface area contributed by atoms with Crippen LogP contribution in [0.15, 0.2) is 102 Å². The Kier molecular flexibility index (Phi) is 6.20. The zero-order valence-electron chi connectivity index (χ0n) is 22.2. The van der Waals surface area contributed by atoms with Gasteiger partial charge in [-0.3, -0.25) is 15.1 Å². The minimum absolute atomic E-state index is 0.187. The van der Waals surface area contributed by atoms with Crippen molar-refractivity contribution in [2.75, 3.05) is 0 Å². The molecule has 7 rings (SSSR count). The van der Waals surface area contributed by atoms with Gasteiger partial charge in [-0.05, 0) is 42.3 Å². The molecule has 7 nitrogen and oxygen atoms in total. The summed E-state index contributed by atoms with van der Waals surface area (Å²) in [5.41, 5.74) is 6.31. The van der Waals surface area contributed by atoms with E-state index in [1.54, 1.807) is 18.3 Å². The number of pyridine rings is 1. The molecule has 0 spiro atoms. The van der Waals surface area contributed by atoms with Crippen LogP contribution in [0.25, 0.3) is 45.3 Å². The molecule has 200 valence electrons. The number of nitrogens with zero attached hydrogens (tertiary/aromatic N) is 4. The van der Waals surface area contributed by atoms with Crippen molar-refractivity contribution in [1.29, 1.82) is 0 Å². The molecule has 0 saturated carbocycles. The second kappa shape index (κ2) is 10.3. The summed E-state index contributed by atoms with van der Waals surface area (Å²) in [5, 5.41) is 9.13. The number of nitrogens with one attached hydrogen (secondary N) is 2. The van der Waals surface area contributed by atoms with Crippen molar-refractivity contribution >= 4 is 22.7 Å². The summed E-state index contributed by atoms with van der Waals surface area (Å²) in [5.74, 6) is 0.962. The normalized spacial score (nSPS) is 14.5. The first kappa shape index (κ1) is 24.7. The number of aromatic amines is 2. The minimum Gasteiger partial charge on any atom is -0.487 e. The number of halogens is 1. The lowest BCUT2D eigenvalue weighted by atomic mass is 10.0. The third-order valence-electron chi connectivity index (χ3n) is 7.17. The first-order chi connectivity index (χ1) is 20.1. The fraction of sp³-hybridized carbons (Fsp3) is 0.0909. The molecule has 0 radical (unpaired) electrons. The molecule has 0 unspecified atom stereocenters. The maximum absolute atomic E-state index is 14.6. The number of hydrogen-bond acceptors (Lipinski definition) is 5. The largest absolute Gasteiger partial charge is 0.487 e. The number of fused-ring (bicyclic) bond motifs is 2. The predicted octanol–water partition coefficient (Wildman–Crippen LogP) is 5.62.